The molecule has 3 heterocycles. The van der Waals surface area contributed by atoms with E-state index < -0.39 is 0 Å². The molecule has 8 heteroatoms. The van der Waals surface area contributed by atoms with Gasteiger partial charge in [-0.1, -0.05) is 17.7 Å². The van der Waals surface area contributed by atoms with E-state index in [-0.39, 0.29) is 17.9 Å². The van der Waals surface area contributed by atoms with Gasteiger partial charge in [0.05, 0.1) is 28.4 Å². The smallest absolute Gasteiger partial charge is 0.265 e. The Morgan fingerprint density at radius 3 is 2.67 bits per heavy atom. The quantitative estimate of drug-likeness (QED) is 0.549. The van der Waals surface area contributed by atoms with Crippen molar-refractivity contribution in [2.75, 3.05) is 25.0 Å². The van der Waals surface area contributed by atoms with Crippen LogP contribution in [0.2, 0.25) is 5.02 Å². The number of hydrogen-bond acceptors (Lipinski definition) is 5. The lowest BCUT2D eigenvalue weighted by Crippen LogP contribution is -2.37. The number of carbonyl (C=O) groups is 2. The molecule has 0 radical (unpaired) electrons. The van der Waals surface area contributed by atoms with Crippen molar-refractivity contribution in [3.05, 3.63) is 75.3 Å². The van der Waals surface area contributed by atoms with E-state index in [4.69, 9.17) is 16.0 Å². The van der Waals surface area contributed by atoms with Crippen molar-refractivity contribution < 1.29 is 14.0 Å². The van der Waals surface area contributed by atoms with Crippen LogP contribution in [0.3, 0.4) is 0 Å². The second-order valence-corrected chi connectivity index (χ2v) is 8.49. The second kappa shape index (κ2) is 9.47. The molecule has 0 saturated carbocycles. The first-order valence-corrected chi connectivity index (χ1v) is 11.1. The summed E-state index contributed by atoms with van der Waals surface area (Å²) < 4.78 is 5.61. The highest BCUT2D eigenvalue weighted by atomic mass is 35.5. The lowest BCUT2D eigenvalue weighted by atomic mass is 10.1. The van der Waals surface area contributed by atoms with Crippen molar-refractivity contribution in [2.45, 2.75) is 18.9 Å². The first kappa shape index (κ1) is 20.7. The van der Waals surface area contributed by atoms with Crippen LogP contribution in [0.15, 0.2) is 58.5 Å². The van der Waals surface area contributed by atoms with Gasteiger partial charge in [-0.3, -0.25) is 14.5 Å². The molecule has 1 aromatic carbocycles. The number of hydrogen-bond donors (Lipinski definition) is 2. The van der Waals surface area contributed by atoms with E-state index in [0.29, 0.717) is 27.7 Å². The van der Waals surface area contributed by atoms with Crippen LogP contribution in [-0.2, 0) is 0 Å². The number of nitrogens with one attached hydrogen (secondary N) is 2. The number of furan rings is 1. The van der Waals surface area contributed by atoms with Crippen molar-refractivity contribution in [3.63, 3.8) is 0 Å². The molecule has 3 aromatic rings. The highest BCUT2D eigenvalue weighted by Gasteiger charge is 2.26. The zero-order chi connectivity index (χ0) is 20.9. The fourth-order valence-corrected chi connectivity index (χ4v) is 4.43. The number of thiophene rings is 1. The fraction of sp³-hybridized carbons (Fsp3) is 0.273. The third-order valence-corrected chi connectivity index (χ3v) is 6.23. The van der Waals surface area contributed by atoms with Crippen LogP contribution in [0, 0.1) is 0 Å². The summed E-state index contributed by atoms with van der Waals surface area (Å²) in [6, 6.07) is 12.2. The molecule has 156 valence electrons. The minimum atomic E-state index is -0.274. The molecule has 0 aliphatic carbocycles. The average Bonchev–Trinajstić information content (AvgIpc) is 3.51. The van der Waals surface area contributed by atoms with Gasteiger partial charge in [-0.05, 0) is 67.7 Å². The Morgan fingerprint density at radius 2 is 1.97 bits per heavy atom. The molecule has 30 heavy (non-hydrogen) atoms. The summed E-state index contributed by atoms with van der Waals surface area (Å²) in [4.78, 5) is 28.3. The van der Waals surface area contributed by atoms with Crippen molar-refractivity contribution in [1.82, 2.24) is 10.2 Å². The largest absolute Gasteiger partial charge is 0.468 e. The van der Waals surface area contributed by atoms with Gasteiger partial charge >= 0.3 is 0 Å². The Kier molecular flexibility index (Phi) is 6.52. The Balaban J connectivity index is 1.49. The summed E-state index contributed by atoms with van der Waals surface area (Å²) in [5.41, 5.74) is 0.748. The number of carbonyl (C=O) groups excluding carboxylic acids is 2. The van der Waals surface area contributed by atoms with Crippen molar-refractivity contribution in [1.29, 1.82) is 0 Å². The Morgan fingerprint density at radius 1 is 1.13 bits per heavy atom. The highest BCUT2D eigenvalue weighted by Crippen LogP contribution is 2.26. The Labute approximate surface area is 183 Å². The lowest BCUT2D eigenvalue weighted by Gasteiger charge is -2.26. The fourth-order valence-electron chi connectivity index (χ4n) is 3.64. The maximum Gasteiger partial charge on any atom is 0.265 e. The molecule has 2 amide bonds. The van der Waals surface area contributed by atoms with Gasteiger partial charge in [0.15, 0.2) is 0 Å². The lowest BCUT2D eigenvalue weighted by molar-refractivity contribution is 0.0934. The zero-order valence-electron chi connectivity index (χ0n) is 16.3. The number of likely N-dealkylation sites (tertiary alicyclic amines) is 1. The molecule has 1 fully saturated rings. The minimum Gasteiger partial charge on any atom is -0.468 e. The summed E-state index contributed by atoms with van der Waals surface area (Å²) >= 11 is 7.45. The maximum atomic E-state index is 13.0. The van der Waals surface area contributed by atoms with E-state index in [1.807, 2.05) is 17.5 Å². The second-order valence-electron chi connectivity index (χ2n) is 7.11. The number of anilines is 1. The summed E-state index contributed by atoms with van der Waals surface area (Å²) in [5.74, 6) is 0.287. The molecule has 0 unspecified atom stereocenters. The molecular formula is C22H22ClN3O3S. The summed E-state index contributed by atoms with van der Waals surface area (Å²) in [6.07, 6.45) is 3.93. The number of rotatable bonds is 7. The van der Waals surface area contributed by atoms with Crippen LogP contribution < -0.4 is 10.6 Å². The van der Waals surface area contributed by atoms with Crippen molar-refractivity contribution in [2.24, 2.45) is 0 Å². The molecular weight excluding hydrogens is 422 g/mol. The van der Waals surface area contributed by atoms with Gasteiger partial charge in [-0.2, -0.15) is 0 Å². The van der Waals surface area contributed by atoms with Gasteiger partial charge in [0.25, 0.3) is 11.8 Å². The first-order chi connectivity index (χ1) is 14.6. The van der Waals surface area contributed by atoms with E-state index in [1.165, 1.54) is 11.3 Å². The molecule has 1 atom stereocenters. The van der Waals surface area contributed by atoms with Crippen LogP contribution >= 0.6 is 22.9 Å². The number of benzene rings is 1. The van der Waals surface area contributed by atoms with E-state index in [2.05, 4.69) is 15.5 Å². The molecule has 6 nitrogen and oxygen atoms in total. The number of nitrogens with zero attached hydrogens (tertiary/aromatic N) is 1. The van der Waals surface area contributed by atoms with Crippen LogP contribution in [0.4, 0.5) is 5.69 Å². The molecule has 0 bridgehead atoms. The van der Waals surface area contributed by atoms with E-state index in [0.717, 1.165) is 31.7 Å². The third-order valence-electron chi connectivity index (χ3n) is 5.13. The van der Waals surface area contributed by atoms with Crippen LogP contribution in [0.25, 0.3) is 0 Å². The summed E-state index contributed by atoms with van der Waals surface area (Å²) in [5, 5.41) is 8.07. The van der Waals surface area contributed by atoms with Crippen LogP contribution in [0.5, 0.6) is 0 Å². The topological polar surface area (TPSA) is 74.6 Å². The normalized spacial score (nSPS) is 15.1. The van der Waals surface area contributed by atoms with Crippen molar-refractivity contribution in [3.8, 4) is 0 Å². The molecule has 1 aliphatic heterocycles. The van der Waals surface area contributed by atoms with Crippen LogP contribution in [-0.4, -0.2) is 36.3 Å². The number of halogens is 1. The van der Waals surface area contributed by atoms with E-state index >= 15 is 0 Å². The van der Waals surface area contributed by atoms with Crippen LogP contribution in [0.1, 0.15) is 44.7 Å². The standard InChI is InChI=1S/C22H22ClN3O3S/c23-15-7-8-16(17(13-15)25-22(28)20-6-4-12-30-20)21(27)24-14-18(19-5-3-11-29-19)26-9-1-2-10-26/h3-8,11-13,18H,1-2,9-10,14H2,(H,24,27)(H,25,28)/t18-/m1/s1. The molecule has 1 saturated heterocycles. The maximum absolute atomic E-state index is 13.0. The van der Waals surface area contributed by atoms with E-state index in [9.17, 15) is 9.59 Å². The van der Waals surface area contributed by atoms with Gasteiger partial charge < -0.3 is 15.1 Å². The number of amides is 2. The van der Waals surface area contributed by atoms with Gasteiger partial charge in [0.1, 0.15) is 5.76 Å². The first-order valence-electron chi connectivity index (χ1n) is 9.82. The predicted molar refractivity (Wildman–Crippen MR) is 118 cm³/mol. The summed E-state index contributed by atoms with van der Waals surface area (Å²) in [7, 11) is 0. The molecule has 2 aromatic heterocycles. The van der Waals surface area contributed by atoms with Crippen molar-refractivity contribution >= 4 is 40.4 Å². The molecule has 4 rings (SSSR count). The van der Waals surface area contributed by atoms with Gasteiger partial charge in [-0.25, -0.2) is 0 Å². The Bertz CT molecular complexity index is 999. The van der Waals surface area contributed by atoms with Gasteiger partial charge in [0, 0.05) is 11.6 Å². The Hall–Kier alpha value is -2.61. The molecule has 0 spiro atoms. The van der Waals surface area contributed by atoms with Gasteiger partial charge in [-0.15, -0.1) is 11.3 Å². The molecule has 1 aliphatic rings. The molecule has 2 N–H and O–H groups in total. The minimum absolute atomic E-state index is 0.0251. The highest BCUT2D eigenvalue weighted by molar-refractivity contribution is 7.12. The van der Waals surface area contributed by atoms with Gasteiger partial charge in [0.2, 0.25) is 0 Å². The predicted octanol–water partition coefficient (Wildman–Crippen LogP) is 4.81. The zero-order valence-corrected chi connectivity index (χ0v) is 17.8. The third kappa shape index (κ3) is 4.75. The van der Waals surface area contributed by atoms with E-state index in [1.54, 1.807) is 36.6 Å². The SMILES string of the molecule is O=C(Nc1cc(Cl)ccc1C(=O)NC[C@H](c1ccco1)N1CCCC1)c1cccs1. The summed E-state index contributed by atoms with van der Waals surface area (Å²) in [6.45, 7) is 2.36. The monoisotopic (exact) mass is 443 g/mol. The average molecular weight is 444 g/mol.